The molecule has 0 aliphatic rings. The lowest BCUT2D eigenvalue weighted by Crippen LogP contribution is -2.42. The first-order chi connectivity index (χ1) is 16.4. The van der Waals surface area contributed by atoms with Gasteiger partial charge in [-0.1, -0.05) is 19.8 Å². The summed E-state index contributed by atoms with van der Waals surface area (Å²) in [5.41, 5.74) is -5.48. The van der Waals surface area contributed by atoms with Gasteiger partial charge < -0.3 is 51.1 Å². The maximum atomic E-state index is 10.3. The van der Waals surface area contributed by atoms with E-state index >= 15 is 0 Å². The van der Waals surface area contributed by atoms with Crippen LogP contribution < -0.4 is 0 Å². The van der Waals surface area contributed by atoms with E-state index in [0.29, 0.717) is 0 Å². The topological polar surface area (TPSA) is 305 Å². The zero-order valence-electron chi connectivity index (χ0n) is 19.6. The molecule has 0 saturated carbocycles. The third-order valence-electron chi connectivity index (χ3n) is 4.16. The summed E-state index contributed by atoms with van der Waals surface area (Å²) in [5, 5.41) is 85.3. The van der Waals surface area contributed by atoms with Crippen molar-refractivity contribution in [2.24, 2.45) is 0 Å². The summed E-state index contributed by atoms with van der Waals surface area (Å²) >= 11 is 0. The zero-order chi connectivity index (χ0) is 29.1. The van der Waals surface area contributed by atoms with Crippen LogP contribution in [0.3, 0.4) is 0 Å². The molecule has 0 heterocycles. The Labute approximate surface area is 205 Å². The van der Waals surface area contributed by atoms with Crippen molar-refractivity contribution >= 4 is 35.8 Å². The first kappa shape index (κ1) is 37.2. The summed E-state index contributed by atoms with van der Waals surface area (Å²) in [5.74, 6) is -10.0. The van der Waals surface area contributed by atoms with Gasteiger partial charge in [-0.15, -0.1) is 0 Å². The Kier molecular flexibility index (Phi) is 19.6. The van der Waals surface area contributed by atoms with Crippen LogP contribution in [0.4, 0.5) is 0 Å². The zero-order valence-corrected chi connectivity index (χ0v) is 19.6. The molecule has 0 spiro atoms. The van der Waals surface area contributed by atoms with Crippen molar-refractivity contribution in [3.8, 4) is 0 Å². The Morgan fingerprint density at radius 2 is 0.889 bits per heavy atom. The lowest BCUT2D eigenvalue weighted by molar-refractivity contribution is -0.170. The van der Waals surface area contributed by atoms with E-state index in [4.69, 9.17) is 46.0 Å². The van der Waals surface area contributed by atoms with Crippen molar-refractivity contribution in [3.63, 3.8) is 0 Å². The second-order valence-corrected chi connectivity index (χ2v) is 7.62. The fraction of sp³-hybridized carbons (Fsp3) is 0.700. The minimum atomic E-state index is -2.74. The summed E-state index contributed by atoms with van der Waals surface area (Å²) in [6, 6.07) is 0. The molecule has 0 aromatic heterocycles. The number of carboxylic acid groups (broad SMARTS) is 6. The molecule has 0 bridgehead atoms. The highest BCUT2D eigenvalue weighted by molar-refractivity contribution is 5.88. The second-order valence-electron chi connectivity index (χ2n) is 7.62. The van der Waals surface area contributed by atoms with Crippen molar-refractivity contribution < 1.29 is 79.8 Å². The smallest absolute Gasteiger partial charge is 0.336 e. The van der Waals surface area contributed by atoms with Gasteiger partial charge in [0.2, 0.25) is 0 Å². The number of aliphatic hydroxyl groups is 4. The standard InChI is InChI=1S/C8H18O2.2C6H8O7/c1-2-3-5-8(10)6-4-7-9;2*7-3(8)1-6(13,5(11)12)2-4(9)10/h8-10H,2-7H2,1H3;2*13H,1-2H2,(H,7,8)(H,9,10)(H,11,12). The van der Waals surface area contributed by atoms with Crippen LogP contribution in [-0.4, -0.2) is 111 Å². The summed E-state index contributed by atoms with van der Waals surface area (Å²) in [6.45, 7) is 2.31. The maximum Gasteiger partial charge on any atom is 0.336 e. The summed E-state index contributed by atoms with van der Waals surface area (Å²) in [7, 11) is 0. The van der Waals surface area contributed by atoms with Crippen LogP contribution in [0.2, 0.25) is 0 Å². The van der Waals surface area contributed by atoms with Crippen LogP contribution in [0.15, 0.2) is 0 Å². The van der Waals surface area contributed by atoms with E-state index < -0.39 is 72.7 Å². The molecular formula is C20H34O16. The van der Waals surface area contributed by atoms with Crippen molar-refractivity contribution in [1.82, 2.24) is 0 Å². The molecule has 1 atom stereocenters. The molecule has 210 valence electrons. The van der Waals surface area contributed by atoms with E-state index in [2.05, 4.69) is 6.92 Å². The van der Waals surface area contributed by atoms with Gasteiger partial charge in [-0.05, 0) is 19.3 Å². The van der Waals surface area contributed by atoms with Gasteiger partial charge in [-0.25, -0.2) is 9.59 Å². The summed E-state index contributed by atoms with van der Waals surface area (Å²) in [4.78, 5) is 61.0. The molecular weight excluding hydrogens is 496 g/mol. The Morgan fingerprint density at radius 1 is 0.611 bits per heavy atom. The predicted molar refractivity (Wildman–Crippen MR) is 116 cm³/mol. The number of rotatable bonds is 16. The van der Waals surface area contributed by atoms with Gasteiger partial charge in [-0.2, -0.15) is 0 Å². The molecule has 0 amide bonds. The lowest BCUT2D eigenvalue weighted by Gasteiger charge is -2.18. The molecule has 0 aromatic carbocycles. The van der Waals surface area contributed by atoms with Gasteiger partial charge in [0, 0.05) is 6.61 Å². The highest BCUT2D eigenvalue weighted by Crippen LogP contribution is 2.16. The Hall–Kier alpha value is -3.34. The molecule has 16 heteroatoms. The van der Waals surface area contributed by atoms with Gasteiger partial charge in [0.15, 0.2) is 11.2 Å². The van der Waals surface area contributed by atoms with Gasteiger partial charge >= 0.3 is 35.8 Å². The summed E-state index contributed by atoms with van der Waals surface area (Å²) in [6.07, 6.45) is -0.181. The molecule has 0 aliphatic heterocycles. The quantitative estimate of drug-likeness (QED) is 0.112. The van der Waals surface area contributed by atoms with Crippen LogP contribution in [0.5, 0.6) is 0 Å². The van der Waals surface area contributed by atoms with Gasteiger partial charge in [0.05, 0.1) is 31.8 Å². The minimum Gasteiger partial charge on any atom is -0.481 e. The Bertz CT molecular complexity index is 639. The molecule has 36 heavy (non-hydrogen) atoms. The minimum absolute atomic E-state index is 0.188. The first-order valence-corrected chi connectivity index (χ1v) is 10.4. The molecule has 1 unspecified atom stereocenters. The Morgan fingerprint density at radius 3 is 1.08 bits per heavy atom. The van der Waals surface area contributed by atoms with E-state index in [1.807, 2.05) is 0 Å². The van der Waals surface area contributed by atoms with E-state index in [1.165, 1.54) is 0 Å². The predicted octanol–water partition coefficient (Wildman–Crippen LogP) is -1.19. The van der Waals surface area contributed by atoms with Crippen LogP contribution in [0.1, 0.15) is 64.7 Å². The van der Waals surface area contributed by atoms with Gasteiger partial charge in [-0.3, -0.25) is 19.2 Å². The molecule has 0 fully saturated rings. The molecule has 0 aromatic rings. The number of hydrogen-bond donors (Lipinski definition) is 10. The third kappa shape index (κ3) is 20.1. The average molecular weight is 530 g/mol. The first-order valence-electron chi connectivity index (χ1n) is 10.4. The largest absolute Gasteiger partial charge is 0.481 e. The van der Waals surface area contributed by atoms with Gasteiger partial charge in [0.25, 0.3) is 0 Å². The number of carboxylic acids is 6. The molecule has 0 radical (unpaired) electrons. The van der Waals surface area contributed by atoms with E-state index in [0.717, 1.165) is 32.1 Å². The fourth-order valence-electron chi connectivity index (χ4n) is 2.34. The molecule has 0 saturated heterocycles. The van der Waals surface area contributed by atoms with Crippen LogP contribution in [0.25, 0.3) is 0 Å². The monoisotopic (exact) mass is 530 g/mol. The van der Waals surface area contributed by atoms with Crippen molar-refractivity contribution in [2.75, 3.05) is 6.61 Å². The van der Waals surface area contributed by atoms with Crippen LogP contribution >= 0.6 is 0 Å². The SMILES string of the molecule is CCCCC(O)CCCO.O=C(O)CC(O)(CC(=O)O)C(=O)O.O=C(O)CC(O)(CC(=O)O)C(=O)O. The molecule has 0 aliphatic carbocycles. The summed E-state index contributed by atoms with van der Waals surface area (Å²) < 4.78 is 0. The van der Waals surface area contributed by atoms with Crippen LogP contribution in [0, 0.1) is 0 Å². The van der Waals surface area contributed by atoms with Crippen molar-refractivity contribution in [1.29, 1.82) is 0 Å². The highest BCUT2D eigenvalue weighted by atomic mass is 16.4. The number of hydrogen-bond acceptors (Lipinski definition) is 10. The molecule has 10 N–H and O–H groups in total. The van der Waals surface area contributed by atoms with Gasteiger partial charge in [0.1, 0.15) is 0 Å². The third-order valence-corrected chi connectivity index (χ3v) is 4.16. The van der Waals surface area contributed by atoms with E-state index in [9.17, 15) is 33.9 Å². The normalized spacial score (nSPS) is 11.6. The second kappa shape index (κ2) is 18.9. The number of aliphatic carboxylic acids is 6. The fourth-order valence-corrected chi connectivity index (χ4v) is 2.34. The maximum absolute atomic E-state index is 10.3. The van der Waals surface area contributed by atoms with E-state index in [-0.39, 0.29) is 12.7 Å². The van der Waals surface area contributed by atoms with Crippen LogP contribution in [-0.2, 0) is 28.8 Å². The number of unbranched alkanes of at least 4 members (excludes halogenated alkanes) is 1. The van der Waals surface area contributed by atoms with E-state index in [1.54, 1.807) is 0 Å². The molecule has 16 nitrogen and oxygen atoms in total. The number of carbonyl (C=O) groups is 6. The average Bonchev–Trinajstić information content (AvgIpc) is 2.69. The Balaban J connectivity index is -0.000000459. The van der Waals surface area contributed by atoms with Crippen molar-refractivity contribution in [3.05, 3.63) is 0 Å². The highest BCUT2D eigenvalue weighted by Gasteiger charge is 2.41. The lowest BCUT2D eigenvalue weighted by atomic mass is 9.96. The van der Waals surface area contributed by atoms with Crippen molar-refractivity contribution in [2.45, 2.75) is 82.0 Å². The molecule has 0 rings (SSSR count). The number of aliphatic hydroxyl groups excluding tert-OH is 2.